The van der Waals surface area contributed by atoms with Crippen LogP contribution in [0, 0.1) is 18.3 Å². The van der Waals surface area contributed by atoms with E-state index < -0.39 is 17.5 Å². The van der Waals surface area contributed by atoms with Crippen LogP contribution in [0.1, 0.15) is 32.7 Å². The zero-order chi connectivity index (χ0) is 25.9. The number of ketones is 1. The number of H-pyrrole nitrogens is 1. The number of carbonyl (C=O) groups excluding carboxylic acids is 1. The highest BCUT2D eigenvalue weighted by Crippen LogP contribution is 2.32. The fourth-order valence-electron chi connectivity index (χ4n) is 3.91. The Morgan fingerprint density at radius 2 is 1.83 bits per heavy atom. The lowest BCUT2D eigenvalue weighted by Crippen LogP contribution is -2.06. The molecule has 4 rings (SSSR count). The number of rotatable bonds is 7. The average molecular weight is 490 g/mol. The zero-order valence-corrected chi connectivity index (χ0v) is 19.4. The minimum absolute atomic E-state index is 0.0532. The first-order valence-corrected chi connectivity index (χ1v) is 10.9. The van der Waals surface area contributed by atoms with E-state index in [0.717, 1.165) is 23.0 Å². The number of Topliss-reactive ketones (excluding diaryl/α,β-unsaturated/α-hetero) is 1. The summed E-state index contributed by atoms with van der Waals surface area (Å²) in [4.78, 5) is 16.4. The number of hydrogen-bond acceptors (Lipinski definition) is 4. The summed E-state index contributed by atoms with van der Waals surface area (Å²) in [5.74, 6) is 0.212. The number of allylic oxidation sites excluding steroid dienone is 1. The zero-order valence-electron chi connectivity index (χ0n) is 19.4. The quantitative estimate of drug-likeness (QED) is 0.174. The number of carbonyl (C=O) groups is 1. The molecule has 0 saturated carbocycles. The van der Waals surface area contributed by atoms with Gasteiger partial charge in [0.1, 0.15) is 18.2 Å². The Bertz CT molecular complexity index is 1510. The van der Waals surface area contributed by atoms with E-state index in [1.807, 2.05) is 30.3 Å². The first-order chi connectivity index (χ1) is 17.2. The Balaban J connectivity index is 1.58. The topological polar surface area (TPSA) is 75.1 Å². The molecule has 0 radical (unpaired) electrons. The molecule has 0 aliphatic carbocycles. The molecule has 8 heteroatoms. The van der Waals surface area contributed by atoms with E-state index in [-0.39, 0.29) is 12.2 Å². The first-order valence-electron chi connectivity index (χ1n) is 10.9. The van der Waals surface area contributed by atoms with Crippen LogP contribution in [0.4, 0.5) is 13.2 Å². The number of aromatic nitrogens is 1. The molecule has 1 heterocycles. The molecule has 0 atom stereocenters. The van der Waals surface area contributed by atoms with Crippen molar-refractivity contribution < 1.29 is 27.4 Å². The molecule has 0 bridgehead atoms. The number of alkyl halides is 3. The molecule has 0 unspecified atom stereocenters. The number of nitriles is 1. The maximum absolute atomic E-state index is 13.2. The van der Waals surface area contributed by atoms with Crippen LogP contribution in [0.25, 0.3) is 17.0 Å². The highest BCUT2D eigenvalue weighted by atomic mass is 19.4. The van der Waals surface area contributed by atoms with Gasteiger partial charge in [0.25, 0.3) is 0 Å². The van der Waals surface area contributed by atoms with Crippen LogP contribution in [0.2, 0.25) is 0 Å². The molecule has 0 aliphatic rings. The van der Waals surface area contributed by atoms with Crippen LogP contribution in [0.5, 0.6) is 11.5 Å². The normalized spacial score (nSPS) is 11.8. The maximum atomic E-state index is 13.2. The molecule has 5 nitrogen and oxygen atoms in total. The molecule has 0 aliphatic heterocycles. The molecule has 182 valence electrons. The van der Waals surface area contributed by atoms with E-state index in [1.54, 1.807) is 25.1 Å². The third-order valence-corrected chi connectivity index (χ3v) is 5.63. The van der Waals surface area contributed by atoms with Crippen LogP contribution >= 0.6 is 0 Å². The van der Waals surface area contributed by atoms with Gasteiger partial charge in [0.2, 0.25) is 5.78 Å². The predicted molar refractivity (Wildman–Crippen MR) is 130 cm³/mol. The molecule has 3 aromatic carbocycles. The second-order valence-corrected chi connectivity index (χ2v) is 8.07. The number of methoxy groups -OCH3 is 1. The van der Waals surface area contributed by atoms with E-state index in [4.69, 9.17) is 9.47 Å². The molecule has 0 amide bonds. The lowest BCUT2D eigenvalue weighted by atomic mass is 9.99. The number of hydrogen-bond donors (Lipinski definition) is 1. The molecular weight excluding hydrogens is 469 g/mol. The van der Waals surface area contributed by atoms with Crippen molar-refractivity contribution >= 4 is 22.8 Å². The van der Waals surface area contributed by atoms with Gasteiger partial charge in [0, 0.05) is 16.6 Å². The van der Waals surface area contributed by atoms with Crippen LogP contribution in [-0.4, -0.2) is 17.9 Å². The Morgan fingerprint density at radius 3 is 2.56 bits per heavy atom. The number of para-hydroxylation sites is 1. The predicted octanol–water partition coefficient (Wildman–Crippen LogP) is 6.87. The van der Waals surface area contributed by atoms with E-state index in [0.29, 0.717) is 33.9 Å². The number of nitrogens with one attached hydrogen (secondary N) is 1. The minimum Gasteiger partial charge on any atom is -0.493 e. The fraction of sp³-hybridized carbons (Fsp3) is 0.143. The number of ether oxygens (including phenoxy) is 2. The van der Waals surface area contributed by atoms with Crippen LogP contribution < -0.4 is 9.47 Å². The summed E-state index contributed by atoms with van der Waals surface area (Å²) in [7, 11) is 1.42. The van der Waals surface area contributed by atoms with Crippen molar-refractivity contribution in [3.63, 3.8) is 0 Å². The number of aromatic amines is 1. The summed E-state index contributed by atoms with van der Waals surface area (Å²) in [5.41, 5.74) is 1.98. The molecule has 0 saturated heterocycles. The second kappa shape index (κ2) is 10.0. The highest BCUT2D eigenvalue weighted by Gasteiger charge is 2.30. The molecule has 4 aromatic rings. The number of aryl methyl sites for hydroxylation is 1. The average Bonchev–Trinajstić information content (AvgIpc) is 3.21. The third-order valence-electron chi connectivity index (χ3n) is 5.63. The standard InChI is InChI=1S/C28H21F3N2O3/c1-17-26(22-8-3-4-9-23(22)33-17)27(34)20(15-32)12-18-10-11-24(25(14-18)35-2)36-16-19-6-5-7-21(13-19)28(29,30)31/h3-14,33H,16H2,1-2H3/b20-12+. The smallest absolute Gasteiger partial charge is 0.416 e. The van der Waals surface area contributed by atoms with Crippen molar-refractivity contribution in [3.05, 3.63) is 100 Å². The largest absolute Gasteiger partial charge is 0.493 e. The molecule has 1 N–H and O–H groups in total. The van der Waals surface area contributed by atoms with Gasteiger partial charge in [-0.25, -0.2) is 0 Å². The molecule has 36 heavy (non-hydrogen) atoms. The Labute approximate surface area is 205 Å². The Kier molecular flexibility index (Phi) is 6.84. The highest BCUT2D eigenvalue weighted by molar-refractivity contribution is 6.20. The van der Waals surface area contributed by atoms with Gasteiger partial charge >= 0.3 is 6.18 Å². The van der Waals surface area contributed by atoms with Gasteiger partial charge < -0.3 is 14.5 Å². The van der Waals surface area contributed by atoms with Gasteiger partial charge in [-0.1, -0.05) is 36.4 Å². The Morgan fingerprint density at radius 1 is 1.06 bits per heavy atom. The summed E-state index contributed by atoms with van der Waals surface area (Å²) < 4.78 is 49.9. The maximum Gasteiger partial charge on any atom is 0.416 e. The number of benzene rings is 3. The summed E-state index contributed by atoms with van der Waals surface area (Å²) in [5, 5.41) is 10.4. The molecular formula is C28H21F3N2O3. The third kappa shape index (κ3) is 5.10. The SMILES string of the molecule is COc1cc(/C=C(\C#N)C(=O)c2c(C)[nH]c3ccccc23)ccc1OCc1cccc(C(F)(F)F)c1. The van der Waals surface area contributed by atoms with Gasteiger partial charge in [0.15, 0.2) is 11.5 Å². The van der Waals surface area contributed by atoms with Gasteiger partial charge in [-0.2, -0.15) is 18.4 Å². The van der Waals surface area contributed by atoms with Crippen LogP contribution in [0.15, 0.2) is 72.3 Å². The molecule has 0 spiro atoms. The van der Waals surface area contributed by atoms with Gasteiger partial charge in [0.05, 0.1) is 18.2 Å². The number of fused-ring (bicyclic) bond motifs is 1. The molecule has 0 fully saturated rings. The van der Waals surface area contributed by atoms with Gasteiger partial charge in [-0.05, 0) is 54.5 Å². The van der Waals surface area contributed by atoms with E-state index in [9.17, 15) is 23.2 Å². The Hall–Kier alpha value is -4.51. The second-order valence-electron chi connectivity index (χ2n) is 8.07. The lowest BCUT2D eigenvalue weighted by Gasteiger charge is -2.13. The first kappa shape index (κ1) is 24.6. The van der Waals surface area contributed by atoms with E-state index >= 15 is 0 Å². The summed E-state index contributed by atoms with van der Waals surface area (Å²) >= 11 is 0. The number of nitrogens with zero attached hydrogens (tertiary/aromatic N) is 1. The summed E-state index contributed by atoms with van der Waals surface area (Å²) in [6.45, 7) is 1.68. The summed E-state index contributed by atoms with van der Waals surface area (Å²) in [6.07, 6.45) is -2.98. The van der Waals surface area contributed by atoms with E-state index in [1.165, 1.54) is 25.3 Å². The minimum atomic E-state index is -4.44. The van der Waals surface area contributed by atoms with Crippen LogP contribution in [-0.2, 0) is 12.8 Å². The molecule has 1 aromatic heterocycles. The van der Waals surface area contributed by atoms with Crippen molar-refractivity contribution in [2.24, 2.45) is 0 Å². The van der Waals surface area contributed by atoms with Crippen LogP contribution in [0.3, 0.4) is 0 Å². The van der Waals surface area contributed by atoms with Crippen molar-refractivity contribution in [3.8, 4) is 17.6 Å². The lowest BCUT2D eigenvalue weighted by molar-refractivity contribution is -0.137. The van der Waals surface area contributed by atoms with Gasteiger partial charge in [-0.3, -0.25) is 4.79 Å². The van der Waals surface area contributed by atoms with Gasteiger partial charge in [-0.15, -0.1) is 0 Å². The summed E-state index contributed by atoms with van der Waals surface area (Å²) in [6, 6.07) is 19.0. The number of halogens is 3. The fourth-order valence-corrected chi connectivity index (χ4v) is 3.91. The van der Waals surface area contributed by atoms with Crippen molar-refractivity contribution in [1.82, 2.24) is 4.98 Å². The van der Waals surface area contributed by atoms with E-state index in [2.05, 4.69) is 4.98 Å². The monoisotopic (exact) mass is 490 g/mol. The van der Waals surface area contributed by atoms with Crippen molar-refractivity contribution in [1.29, 1.82) is 5.26 Å². The van der Waals surface area contributed by atoms with Crippen molar-refractivity contribution in [2.45, 2.75) is 19.7 Å². The van der Waals surface area contributed by atoms with Crippen molar-refractivity contribution in [2.75, 3.05) is 7.11 Å².